The fourth-order valence-electron chi connectivity index (χ4n) is 2.26. The predicted molar refractivity (Wildman–Crippen MR) is 95.4 cm³/mol. The number of rotatable bonds is 3. The molecule has 0 fully saturated rings. The lowest BCUT2D eigenvalue weighted by Gasteiger charge is -2.21. The van der Waals surface area contributed by atoms with Crippen LogP contribution in [0.25, 0.3) is 0 Å². The zero-order valence-corrected chi connectivity index (χ0v) is 15.0. The van der Waals surface area contributed by atoms with Crippen molar-refractivity contribution < 1.29 is 19.5 Å². The number of aromatic carboxylic acids is 1. The first-order valence-corrected chi connectivity index (χ1v) is 8.04. The average molecular weight is 359 g/mol. The second-order valence-corrected chi connectivity index (χ2v) is 6.47. The minimum Gasteiger partial charge on any atom is -0.478 e. The molecule has 0 saturated heterocycles. The Morgan fingerprint density at radius 1 is 1.35 bits per heavy atom. The fourth-order valence-corrected chi connectivity index (χ4v) is 2.26. The predicted octanol–water partition coefficient (Wildman–Crippen LogP) is 0.524. The van der Waals surface area contributed by atoms with E-state index in [1.165, 1.54) is 12.4 Å². The van der Waals surface area contributed by atoms with E-state index in [1.807, 2.05) is 13.8 Å². The van der Waals surface area contributed by atoms with Crippen LogP contribution in [-0.2, 0) is 9.59 Å². The van der Waals surface area contributed by atoms with E-state index in [-0.39, 0.29) is 34.8 Å². The van der Waals surface area contributed by atoms with Crippen molar-refractivity contribution in [3.05, 3.63) is 29.1 Å². The molecule has 3 N–H and O–H groups in total. The van der Waals surface area contributed by atoms with Crippen LogP contribution >= 0.6 is 0 Å². The molecule has 2 amide bonds. The van der Waals surface area contributed by atoms with Crippen LogP contribution in [0.3, 0.4) is 0 Å². The highest BCUT2D eigenvalue weighted by Crippen LogP contribution is 2.27. The molecule has 0 aliphatic carbocycles. The van der Waals surface area contributed by atoms with Crippen LogP contribution in [0.1, 0.15) is 42.4 Å². The first kappa shape index (κ1) is 19.2. The minimum absolute atomic E-state index is 0.00118. The topological polar surface area (TPSA) is 133 Å². The van der Waals surface area contributed by atoms with Gasteiger partial charge in [-0.15, -0.1) is 0 Å². The maximum absolute atomic E-state index is 12.1. The van der Waals surface area contributed by atoms with Gasteiger partial charge in [0.2, 0.25) is 5.91 Å². The molecular weight excluding hydrogens is 338 g/mol. The minimum atomic E-state index is -1.09. The highest BCUT2D eigenvalue weighted by atomic mass is 16.4. The molecule has 3 heterocycles. The summed E-state index contributed by atoms with van der Waals surface area (Å²) < 4.78 is 0. The van der Waals surface area contributed by atoms with Crippen molar-refractivity contribution >= 4 is 30.0 Å². The van der Waals surface area contributed by atoms with E-state index in [1.54, 1.807) is 20.0 Å². The van der Waals surface area contributed by atoms with Gasteiger partial charge in [-0.2, -0.15) is 0 Å². The lowest BCUT2D eigenvalue weighted by Crippen LogP contribution is -2.41. The van der Waals surface area contributed by atoms with E-state index in [0.717, 1.165) is 5.56 Å². The molecule has 0 aromatic carbocycles. The van der Waals surface area contributed by atoms with Gasteiger partial charge >= 0.3 is 5.97 Å². The van der Waals surface area contributed by atoms with Crippen molar-refractivity contribution in [1.82, 2.24) is 15.6 Å². The molecule has 1 aromatic rings. The molecule has 0 radical (unpaired) electrons. The Balaban J connectivity index is 0.000000342. The van der Waals surface area contributed by atoms with Crippen molar-refractivity contribution in [1.29, 1.82) is 0 Å². The molecule has 3 rings (SSSR count). The van der Waals surface area contributed by atoms with E-state index in [4.69, 9.17) is 0 Å². The molecule has 9 nitrogen and oxygen atoms in total. The van der Waals surface area contributed by atoms with Gasteiger partial charge in [0.15, 0.2) is 5.84 Å². The molecular formula is C17H21N5O4. The molecule has 0 saturated carbocycles. The summed E-state index contributed by atoms with van der Waals surface area (Å²) in [7, 11) is 0. The summed E-state index contributed by atoms with van der Waals surface area (Å²) in [6.07, 6.45) is 2.96. The zero-order valence-electron chi connectivity index (χ0n) is 15.0. The van der Waals surface area contributed by atoms with Gasteiger partial charge in [0.25, 0.3) is 5.91 Å². The summed E-state index contributed by atoms with van der Waals surface area (Å²) in [5.74, 6) is -1.12. The van der Waals surface area contributed by atoms with Crippen molar-refractivity contribution in [3.8, 4) is 0 Å². The summed E-state index contributed by atoms with van der Waals surface area (Å²) in [6.45, 7) is 7.59. The van der Waals surface area contributed by atoms with E-state index in [0.29, 0.717) is 6.54 Å². The van der Waals surface area contributed by atoms with E-state index < -0.39 is 11.5 Å². The van der Waals surface area contributed by atoms with Crippen LogP contribution in [0.2, 0.25) is 0 Å². The molecule has 2 aliphatic rings. The largest absolute Gasteiger partial charge is 0.478 e. The van der Waals surface area contributed by atoms with Gasteiger partial charge in [-0.05, 0) is 31.4 Å². The lowest BCUT2D eigenvalue weighted by atomic mass is 9.89. The normalized spacial score (nSPS) is 21.0. The first-order valence-electron chi connectivity index (χ1n) is 8.04. The van der Waals surface area contributed by atoms with Crippen LogP contribution in [0, 0.1) is 12.8 Å². The van der Waals surface area contributed by atoms with E-state index in [9.17, 15) is 19.5 Å². The smallest absolute Gasteiger partial charge is 0.338 e. The number of amidine groups is 1. The van der Waals surface area contributed by atoms with Gasteiger partial charge in [-0.25, -0.2) is 9.79 Å². The fraction of sp³-hybridized carbons (Fsp3) is 0.412. The van der Waals surface area contributed by atoms with Gasteiger partial charge in [0, 0.05) is 6.20 Å². The Hall–Kier alpha value is -3.10. The standard InChI is InChI=1S/C14H17N3O3.C3H4N2O/c1-7(2)14(4)13(20)16-11(17-14)10-9(12(18)19)5-8(3)6-15-10;6-3-1-4-2-5-3/h5-7H,1-4H3,(H,18,19)(H,16,17,20);2H,1H2,(H,4,5,6). The Morgan fingerprint density at radius 3 is 2.46 bits per heavy atom. The van der Waals surface area contributed by atoms with Crippen LogP contribution in [0.5, 0.6) is 0 Å². The number of carbonyl (C=O) groups is 3. The van der Waals surface area contributed by atoms with Gasteiger partial charge < -0.3 is 15.7 Å². The quantitative estimate of drug-likeness (QED) is 0.724. The number of hydrogen-bond acceptors (Lipinski definition) is 6. The molecule has 0 spiro atoms. The third kappa shape index (κ3) is 3.93. The van der Waals surface area contributed by atoms with E-state index in [2.05, 4.69) is 25.6 Å². The number of aliphatic imine (C=N–C) groups is 2. The Bertz CT molecular complexity index is 805. The number of carboxylic acids is 1. The molecule has 26 heavy (non-hydrogen) atoms. The summed E-state index contributed by atoms with van der Waals surface area (Å²) in [5, 5.41) is 14.3. The van der Waals surface area contributed by atoms with Crippen molar-refractivity contribution in [2.24, 2.45) is 15.9 Å². The highest BCUT2D eigenvalue weighted by Gasteiger charge is 2.43. The maximum atomic E-state index is 12.1. The third-order valence-electron chi connectivity index (χ3n) is 4.19. The number of carbonyl (C=O) groups excluding carboxylic acids is 2. The summed E-state index contributed by atoms with van der Waals surface area (Å²) in [4.78, 5) is 45.4. The van der Waals surface area contributed by atoms with Crippen molar-refractivity contribution in [3.63, 3.8) is 0 Å². The number of nitrogens with zero attached hydrogens (tertiary/aromatic N) is 3. The molecule has 9 heteroatoms. The number of carboxylic acid groups (broad SMARTS) is 1. The molecule has 2 aliphatic heterocycles. The number of hydrogen-bond donors (Lipinski definition) is 3. The van der Waals surface area contributed by atoms with Gasteiger partial charge in [-0.1, -0.05) is 13.8 Å². The Labute approximate surface area is 150 Å². The number of nitrogens with one attached hydrogen (secondary N) is 2. The average Bonchev–Trinajstić information content (AvgIpc) is 3.16. The van der Waals surface area contributed by atoms with Gasteiger partial charge in [0.05, 0.1) is 11.9 Å². The number of amides is 2. The van der Waals surface area contributed by atoms with Crippen molar-refractivity contribution in [2.45, 2.75) is 33.2 Å². The summed E-state index contributed by atoms with van der Waals surface area (Å²) in [6, 6.07) is 1.52. The molecule has 1 aromatic heterocycles. The first-order chi connectivity index (χ1) is 12.1. The van der Waals surface area contributed by atoms with Crippen LogP contribution in [0.4, 0.5) is 0 Å². The second-order valence-electron chi connectivity index (χ2n) is 6.47. The Kier molecular flexibility index (Phi) is 5.49. The lowest BCUT2D eigenvalue weighted by molar-refractivity contribution is -0.124. The number of pyridine rings is 1. The van der Waals surface area contributed by atoms with Gasteiger partial charge in [0.1, 0.15) is 17.8 Å². The van der Waals surface area contributed by atoms with E-state index >= 15 is 0 Å². The molecule has 138 valence electrons. The van der Waals surface area contributed by atoms with Crippen LogP contribution in [0.15, 0.2) is 22.2 Å². The van der Waals surface area contributed by atoms with Crippen LogP contribution in [-0.4, -0.2) is 52.1 Å². The Morgan fingerprint density at radius 2 is 2.04 bits per heavy atom. The summed E-state index contributed by atoms with van der Waals surface area (Å²) >= 11 is 0. The third-order valence-corrected chi connectivity index (χ3v) is 4.19. The monoisotopic (exact) mass is 359 g/mol. The SMILES string of the molecule is Cc1cnc(C2=NC(C)(C(C)C)C(=O)N2)c(C(=O)O)c1.O=C1CN=CN1. The zero-order chi connectivity index (χ0) is 19.5. The van der Waals surface area contributed by atoms with Crippen LogP contribution < -0.4 is 10.6 Å². The molecule has 1 unspecified atom stereocenters. The summed E-state index contributed by atoms with van der Waals surface area (Å²) in [5.41, 5.74) is 0.0816. The highest BCUT2D eigenvalue weighted by molar-refractivity contribution is 6.17. The second kappa shape index (κ2) is 7.42. The van der Waals surface area contributed by atoms with Crippen molar-refractivity contribution in [2.75, 3.05) is 6.54 Å². The van der Waals surface area contributed by atoms with Gasteiger partial charge in [-0.3, -0.25) is 19.6 Å². The maximum Gasteiger partial charge on any atom is 0.338 e. The molecule has 0 bridgehead atoms. The molecule has 1 atom stereocenters. The number of aryl methyl sites for hydroxylation is 1. The number of aromatic nitrogens is 1.